The number of nitrogens with one attached hydrogen (secondary N) is 1. The molecule has 1 aliphatic heterocycles. The molecular weight excluding hydrogens is 302 g/mol. The monoisotopic (exact) mass is 315 g/mol. The first-order chi connectivity index (χ1) is 10.8. The van der Waals surface area contributed by atoms with E-state index in [9.17, 15) is 4.79 Å². The van der Waals surface area contributed by atoms with E-state index in [0.29, 0.717) is 19.5 Å². The minimum Gasteiger partial charge on any atom is -0.470 e. The van der Waals surface area contributed by atoms with E-state index in [4.69, 9.17) is 10.00 Å². The number of thiophene rings is 1. The fraction of sp³-hybridized carbons (Fsp3) is 0.286. The molecule has 1 aliphatic rings. The molecule has 2 aromatic heterocycles. The van der Waals surface area contributed by atoms with Gasteiger partial charge in [-0.05, 0) is 17.5 Å². The molecule has 8 heteroatoms. The molecule has 0 aromatic carbocycles. The Morgan fingerprint density at radius 2 is 2.36 bits per heavy atom. The molecule has 1 atom stereocenters. The number of amides is 2. The molecule has 0 bridgehead atoms. The maximum Gasteiger partial charge on any atom is 0.322 e. The van der Waals surface area contributed by atoms with Gasteiger partial charge in [-0.3, -0.25) is 5.32 Å². The predicted molar refractivity (Wildman–Crippen MR) is 80.7 cm³/mol. The summed E-state index contributed by atoms with van der Waals surface area (Å²) < 4.78 is 5.70. The lowest BCUT2D eigenvalue weighted by molar-refractivity contribution is 0.189. The molecule has 22 heavy (non-hydrogen) atoms. The van der Waals surface area contributed by atoms with Crippen LogP contribution >= 0.6 is 11.3 Å². The first-order valence-electron chi connectivity index (χ1n) is 6.73. The number of likely N-dealkylation sites (tertiary alicyclic amines) is 1. The largest absolute Gasteiger partial charge is 0.470 e. The van der Waals surface area contributed by atoms with Crippen LogP contribution in [0.25, 0.3) is 0 Å². The van der Waals surface area contributed by atoms with Crippen LogP contribution < -0.4 is 10.1 Å². The summed E-state index contributed by atoms with van der Waals surface area (Å²) in [6.07, 6.45) is 3.44. The lowest BCUT2D eigenvalue weighted by Crippen LogP contribution is -2.34. The number of aromatic nitrogens is 2. The van der Waals surface area contributed by atoms with Crippen molar-refractivity contribution in [1.29, 1.82) is 5.26 Å². The molecule has 2 amide bonds. The van der Waals surface area contributed by atoms with Crippen molar-refractivity contribution in [1.82, 2.24) is 14.9 Å². The summed E-state index contributed by atoms with van der Waals surface area (Å²) in [5.74, 6) is 0.218. The third-order valence-electron chi connectivity index (χ3n) is 3.23. The molecule has 0 unspecified atom stereocenters. The Morgan fingerprint density at radius 1 is 1.50 bits per heavy atom. The Bertz CT molecular complexity index is 698. The molecular formula is C14H13N5O2S. The lowest BCUT2D eigenvalue weighted by atomic mass is 10.3. The van der Waals surface area contributed by atoms with Gasteiger partial charge in [0.05, 0.1) is 11.5 Å². The van der Waals surface area contributed by atoms with E-state index in [1.807, 2.05) is 23.6 Å². The van der Waals surface area contributed by atoms with Gasteiger partial charge in [0, 0.05) is 25.4 Å². The van der Waals surface area contributed by atoms with Crippen LogP contribution in [0.1, 0.15) is 12.1 Å². The van der Waals surface area contributed by atoms with E-state index < -0.39 is 0 Å². The Labute approximate surface area is 131 Å². The Kier molecular flexibility index (Phi) is 4.16. The van der Waals surface area contributed by atoms with Crippen molar-refractivity contribution < 1.29 is 9.53 Å². The van der Waals surface area contributed by atoms with E-state index >= 15 is 0 Å². The van der Waals surface area contributed by atoms with Crippen LogP contribution in [0.2, 0.25) is 0 Å². The SMILES string of the molecule is N#Cc1nccnc1O[C@H]1CCN(C(=O)Nc2cccs2)C1. The average Bonchev–Trinajstić information content (AvgIpc) is 3.19. The van der Waals surface area contributed by atoms with Crippen molar-refractivity contribution >= 4 is 22.4 Å². The first kappa shape index (κ1) is 14.3. The maximum absolute atomic E-state index is 12.1. The van der Waals surface area contributed by atoms with E-state index in [0.717, 1.165) is 5.00 Å². The summed E-state index contributed by atoms with van der Waals surface area (Å²) in [5, 5.41) is 14.5. The molecule has 112 valence electrons. The van der Waals surface area contributed by atoms with E-state index in [1.165, 1.54) is 23.7 Å². The van der Waals surface area contributed by atoms with E-state index in [1.54, 1.807) is 4.90 Å². The van der Waals surface area contributed by atoms with Crippen LogP contribution in [-0.2, 0) is 0 Å². The number of nitriles is 1. The predicted octanol–water partition coefficient (Wildman–Crippen LogP) is 2.09. The number of anilines is 1. The van der Waals surface area contributed by atoms with Gasteiger partial charge in [-0.2, -0.15) is 5.26 Å². The van der Waals surface area contributed by atoms with Gasteiger partial charge in [-0.25, -0.2) is 14.8 Å². The minimum absolute atomic E-state index is 0.145. The number of ether oxygens (including phenoxy) is 1. The van der Waals surface area contributed by atoms with Gasteiger partial charge in [-0.15, -0.1) is 11.3 Å². The summed E-state index contributed by atoms with van der Waals surface area (Å²) in [5.41, 5.74) is 0.156. The highest BCUT2D eigenvalue weighted by molar-refractivity contribution is 7.14. The Hall–Kier alpha value is -2.66. The fourth-order valence-corrected chi connectivity index (χ4v) is 2.80. The average molecular weight is 315 g/mol. The highest BCUT2D eigenvalue weighted by Crippen LogP contribution is 2.20. The molecule has 7 nitrogen and oxygen atoms in total. The van der Waals surface area contributed by atoms with Gasteiger partial charge < -0.3 is 9.64 Å². The van der Waals surface area contributed by atoms with Crippen molar-refractivity contribution in [2.45, 2.75) is 12.5 Å². The fourth-order valence-electron chi connectivity index (χ4n) is 2.19. The second kappa shape index (κ2) is 6.41. The number of rotatable bonds is 3. The molecule has 1 N–H and O–H groups in total. The Balaban J connectivity index is 1.58. The molecule has 0 saturated carbocycles. The maximum atomic E-state index is 12.1. The molecule has 0 radical (unpaired) electrons. The van der Waals surface area contributed by atoms with Gasteiger partial charge >= 0.3 is 6.03 Å². The summed E-state index contributed by atoms with van der Waals surface area (Å²) in [6, 6.07) is 5.53. The number of urea groups is 1. The molecule has 1 fully saturated rings. The molecule has 0 spiro atoms. The van der Waals surface area contributed by atoms with E-state index in [-0.39, 0.29) is 23.7 Å². The van der Waals surface area contributed by atoms with Gasteiger partial charge in [-0.1, -0.05) is 0 Å². The molecule has 0 aliphatic carbocycles. The zero-order chi connectivity index (χ0) is 15.4. The van der Waals surface area contributed by atoms with Crippen LogP contribution in [0.3, 0.4) is 0 Å². The molecule has 1 saturated heterocycles. The van der Waals surface area contributed by atoms with Gasteiger partial charge in [0.25, 0.3) is 5.88 Å². The summed E-state index contributed by atoms with van der Waals surface area (Å²) in [7, 11) is 0. The van der Waals surface area contributed by atoms with Gasteiger partial charge in [0.1, 0.15) is 12.2 Å². The third-order valence-corrected chi connectivity index (χ3v) is 4.02. The first-order valence-corrected chi connectivity index (χ1v) is 7.61. The van der Waals surface area contributed by atoms with Crippen LogP contribution in [0.4, 0.5) is 9.80 Å². The van der Waals surface area contributed by atoms with Gasteiger partial charge in [0.2, 0.25) is 5.69 Å². The number of carbonyl (C=O) groups excluding carboxylic acids is 1. The van der Waals surface area contributed by atoms with Crippen LogP contribution in [0.15, 0.2) is 29.9 Å². The third kappa shape index (κ3) is 3.15. The lowest BCUT2D eigenvalue weighted by Gasteiger charge is -2.17. The van der Waals surface area contributed by atoms with Crippen molar-refractivity contribution in [2.75, 3.05) is 18.4 Å². The topological polar surface area (TPSA) is 91.1 Å². The zero-order valence-corrected chi connectivity index (χ0v) is 12.4. The van der Waals surface area contributed by atoms with Crippen molar-refractivity contribution in [2.24, 2.45) is 0 Å². The Morgan fingerprint density at radius 3 is 3.14 bits per heavy atom. The second-order valence-electron chi connectivity index (χ2n) is 4.70. The highest BCUT2D eigenvalue weighted by atomic mass is 32.1. The van der Waals surface area contributed by atoms with Crippen LogP contribution in [-0.4, -0.2) is 40.1 Å². The smallest absolute Gasteiger partial charge is 0.322 e. The highest BCUT2D eigenvalue weighted by Gasteiger charge is 2.28. The quantitative estimate of drug-likeness (QED) is 0.936. The van der Waals surface area contributed by atoms with Crippen molar-refractivity contribution in [3.05, 3.63) is 35.6 Å². The summed E-state index contributed by atoms with van der Waals surface area (Å²) in [4.78, 5) is 21.7. The number of hydrogen-bond donors (Lipinski definition) is 1. The molecule has 3 rings (SSSR count). The van der Waals surface area contributed by atoms with Crippen LogP contribution in [0, 0.1) is 11.3 Å². The minimum atomic E-state index is -0.183. The number of nitrogens with zero attached hydrogens (tertiary/aromatic N) is 4. The van der Waals surface area contributed by atoms with Crippen molar-refractivity contribution in [3.8, 4) is 11.9 Å². The molecule has 3 heterocycles. The standard InChI is InChI=1S/C14H13N5O2S/c15-8-11-13(17-5-4-16-11)21-10-3-6-19(9-10)14(20)18-12-2-1-7-22-12/h1-2,4-5,7,10H,3,6,9H2,(H,18,20)/t10-/m0/s1. The summed E-state index contributed by atoms with van der Waals surface area (Å²) in [6.45, 7) is 1.06. The zero-order valence-electron chi connectivity index (χ0n) is 11.6. The van der Waals surface area contributed by atoms with Crippen LogP contribution in [0.5, 0.6) is 5.88 Å². The van der Waals surface area contributed by atoms with Crippen molar-refractivity contribution in [3.63, 3.8) is 0 Å². The number of carbonyl (C=O) groups is 1. The van der Waals surface area contributed by atoms with Gasteiger partial charge in [0.15, 0.2) is 0 Å². The number of hydrogen-bond acceptors (Lipinski definition) is 6. The van der Waals surface area contributed by atoms with E-state index in [2.05, 4.69) is 15.3 Å². The second-order valence-corrected chi connectivity index (χ2v) is 5.65. The normalized spacial score (nSPS) is 17.0. The summed E-state index contributed by atoms with van der Waals surface area (Å²) >= 11 is 1.47. The molecule has 2 aromatic rings.